The number of carbonyl (C=O) groups is 1. The Morgan fingerprint density at radius 1 is 1.54 bits per heavy atom. The second-order valence-corrected chi connectivity index (χ2v) is 8.82. The van der Waals surface area contributed by atoms with E-state index in [-0.39, 0.29) is 6.09 Å². The van der Waals surface area contributed by atoms with Crippen molar-refractivity contribution in [2.24, 2.45) is 5.92 Å². The number of piperidine rings is 1. The van der Waals surface area contributed by atoms with Gasteiger partial charge < -0.3 is 14.5 Å². The van der Waals surface area contributed by atoms with Gasteiger partial charge in [-0.1, -0.05) is 11.6 Å². The lowest BCUT2D eigenvalue weighted by Gasteiger charge is -2.36. The van der Waals surface area contributed by atoms with Crippen LogP contribution in [-0.2, 0) is 4.74 Å². The Labute approximate surface area is 162 Å². The minimum Gasteiger partial charge on any atom is -0.444 e. The number of carbonyl (C=O) groups excluding carboxylic acids is 1. The van der Waals surface area contributed by atoms with Gasteiger partial charge in [-0.25, -0.2) is 9.78 Å². The SMILES string of the molecule is CN(C[C@@H]1CCCN(c2cc(Cl)ncc2I)C1)C(=O)OC(C)(C)C. The lowest BCUT2D eigenvalue weighted by molar-refractivity contribution is 0.0269. The molecule has 1 aromatic heterocycles. The maximum atomic E-state index is 12.1. The van der Waals surface area contributed by atoms with Crippen LogP contribution >= 0.6 is 34.2 Å². The zero-order valence-corrected chi connectivity index (χ0v) is 17.6. The molecule has 0 radical (unpaired) electrons. The van der Waals surface area contributed by atoms with E-state index in [1.165, 1.54) is 0 Å². The number of amides is 1. The third kappa shape index (κ3) is 5.65. The summed E-state index contributed by atoms with van der Waals surface area (Å²) in [5.74, 6) is 0.416. The summed E-state index contributed by atoms with van der Waals surface area (Å²) in [4.78, 5) is 20.3. The summed E-state index contributed by atoms with van der Waals surface area (Å²) in [6.07, 6.45) is 3.75. The number of hydrogen-bond donors (Lipinski definition) is 0. The largest absolute Gasteiger partial charge is 0.444 e. The predicted octanol–water partition coefficient (Wildman–Crippen LogP) is 4.42. The lowest BCUT2D eigenvalue weighted by atomic mass is 9.97. The Balaban J connectivity index is 1.98. The topological polar surface area (TPSA) is 45.7 Å². The van der Waals surface area contributed by atoms with Crippen LogP contribution in [0.1, 0.15) is 33.6 Å². The molecule has 1 saturated heterocycles. The maximum Gasteiger partial charge on any atom is 0.410 e. The highest BCUT2D eigenvalue weighted by Crippen LogP contribution is 2.29. The van der Waals surface area contributed by atoms with Gasteiger partial charge in [0.25, 0.3) is 0 Å². The van der Waals surface area contributed by atoms with Crippen molar-refractivity contribution in [3.8, 4) is 0 Å². The van der Waals surface area contributed by atoms with E-state index < -0.39 is 5.60 Å². The molecule has 1 atom stereocenters. The van der Waals surface area contributed by atoms with E-state index in [2.05, 4.69) is 32.5 Å². The van der Waals surface area contributed by atoms with Crippen molar-refractivity contribution in [1.29, 1.82) is 0 Å². The summed E-state index contributed by atoms with van der Waals surface area (Å²) in [6, 6.07) is 1.92. The molecule has 0 bridgehead atoms. The maximum absolute atomic E-state index is 12.1. The van der Waals surface area contributed by atoms with Crippen molar-refractivity contribution in [3.63, 3.8) is 0 Å². The molecule has 1 amide bonds. The van der Waals surface area contributed by atoms with Gasteiger partial charge in [0, 0.05) is 32.9 Å². The summed E-state index contributed by atoms with van der Waals surface area (Å²) in [5, 5.41) is 0.512. The molecular weight excluding hydrogens is 441 g/mol. The third-order valence-corrected chi connectivity index (χ3v) is 4.94. The number of ether oxygens (including phenoxy) is 1. The fraction of sp³-hybridized carbons (Fsp3) is 0.647. The second kappa shape index (κ2) is 8.08. The molecule has 24 heavy (non-hydrogen) atoms. The Hall–Kier alpha value is -0.760. The Bertz CT molecular complexity index is 592. The van der Waals surface area contributed by atoms with Gasteiger partial charge in [-0.05, 0) is 68.2 Å². The van der Waals surface area contributed by atoms with Gasteiger partial charge in [0.15, 0.2) is 0 Å². The molecule has 1 aliphatic rings. The highest BCUT2D eigenvalue weighted by Gasteiger charge is 2.26. The molecular formula is C17H25ClIN3O2. The van der Waals surface area contributed by atoms with Crippen LogP contribution in [0.4, 0.5) is 10.5 Å². The van der Waals surface area contributed by atoms with Crippen LogP contribution in [0.2, 0.25) is 5.15 Å². The predicted molar refractivity (Wildman–Crippen MR) is 106 cm³/mol. The highest BCUT2D eigenvalue weighted by molar-refractivity contribution is 14.1. The van der Waals surface area contributed by atoms with E-state index in [9.17, 15) is 4.79 Å². The normalized spacial score (nSPS) is 18.4. The molecule has 0 unspecified atom stereocenters. The third-order valence-electron chi connectivity index (χ3n) is 3.90. The fourth-order valence-corrected chi connectivity index (χ4v) is 3.67. The first kappa shape index (κ1) is 19.6. The first-order chi connectivity index (χ1) is 11.2. The summed E-state index contributed by atoms with van der Waals surface area (Å²) in [7, 11) is 1.81. The van der Waals surface area contributed by atoms with Gasteiger partial charge in [0.2, 0.25) is 0 Å². The number of pyridine rings is 1. The summed E-state index contributed by atoms with van der Waals surface area (Å²) >= 11 is 8.34. The Kier molecular flexibility index (Phi) is 6.59. The monoisotopic (exact) mass is 465 g/mol. The van der Waals surface area contributed by atoms with Crippen LogP contribution in [-0.4, -0.2) is 48.3 Å². The molecule has 5 nitrogen and oxygen atoms in total. The van der Waals surface area contributed by atoms with Crippen molar-refractivity contribution in [2.45, 2.75) is 39.2 Å². The summed E-state index contributed by atoms with van der Waals surface area (Å²) in [5.41, 5.74) is 0.661. The number of hydrogen-bond acceptors (Lipinski definition) is 4. The molecule has 1 fully saturated rings. The van der Waals surface area contributed by atoms with E-state index >= 15 is 0 Å². The molecule has 0 aliphatic carbocycles. The van der Waals surface area contributed by atoms with Crippen LogP contribution in [0.3, 0.4) is 0 Å². The molecule has 0 N–H and O–H groups in total. The highest BCUT2D eigenvalue weighted by atomic mass is 127. The summed E-state index contributed by atoms with van der Waals surface area (Å²) < 4.78 is 6.53. The molecule has 134 valence electrons. The van der Waals surface area contributed by atoms with Gasteiger partial charge in [0.05, 0.1) is 9.26 Å². The van der Waals surface area contributed by atoms with Crippen LogP contribution in [0.15, 0.2) is 12.3 Å². The molecule has 1 aliphatic heterocycles. The average molecular weight is 466 g/mol. The van der Waals surface area contributed by atoms with Gasteiger partial charge in [-0.2, -0.15) is 0 Å². The number of anilines is 1. The van der Waals surface area contributed by atoms with Crippen LogP contribution < -0.4 is 4.90 Å². The minimum atomic E-state index is -0.464. The molecule has 0 aromatic carbocycles. The zero-order chi connectivity index (χ0) is 17.9. The van der Waals surface area contributed by atoms with E-state index in [1.807, 2.05) is 26.8 Å². The number of aromatic nitrogens is 1. The van der Waals surface area contributed by atoms with E-state index in [0.29, 0.717) is 17.6 Å². The molecule has 2 rings (SSSR count). The lowest BCUT2D eigenvalue weighted by Crippen LogP contribution is -2.43. The fourth-order valence-electron chi connectivity index (χ4n) is 2.88. The van der Waals surface area contributed by atoms with Crippen molar-refractivity contribution < 1.29 is 9.53 Å². The first-order valence-electron chi connectivity index (χ1n) is 8.16. The van der Waals surface area contributed by atoms with Gasteiger partial charge in [-0.3, -0.25) is 0 Å². The number of rotatable bonds is 3. The van der Waals surface area contributed by atoms with Crippen LogP contribution in [0, 0.1) is 9.49 Å². The smallest absolute Gasteiger partial charge is 0.410 e. The van der Waals surface area contributed by atoms with Crippen LogP contribution in [0.25, 0.3) is 0 Å². The molecule has 7 heteroatoms. The average Bonchev–Trinajstić information content (AvgIpc) is 2.48. The van der Waals surface area contributed by atoms with Crippen molar-refractivity contribution in [3.05, 3.63) is 21.0 Å². The standard InChI is InChI=1S/C17H25ClIN3O2/c1-17(2,3)24-16(23)21(4)10-12-6-5-7-22(11-12)14-8-15(18)20-9-13(14)19/h8-9,12H,5-7,10-11H2,1-4H3/t12-/m0/s1. The van der Waals surface area contributed by atoms with Gasteiger partial charge in [-0.15, -0.1) is 0 Å². The Morgan fingerprint density at radius 3 is 2.92 bits per heavy atom. The van der Waals surface area contributed by atoms with E-state index in [0.717, 1.165) is 35.2 Å². The van der Waals surface area contributed by atoms with E-state index in [1.54, 1.807) is 18.1 Å². The zero-order valence-electron chi connectivity index (χ0n) is 14.7. The van der Waals surface area contributed by atoms with Crippen molar-refractivity contribution in [1.82, 2.24) is 9.88 Å². The quantitative estimate of drug-likeness (QED) is 0.490. The van der Waals surface area contributed by atoms with Crippen LogP contribution in [0.5, 0.6) is 0 Å². The van der Waals surface area contributed by atoms with Crippen molar-refractivity contribution >= 4 is 46.0 Å². The molecule has 0 spiro atoms. The molecule has 0 saturated carbocycles. The van der Waals surface area contributed by atoms with Gasteiger partial charge in [0.1, 0.15) is 10.8 Å². The Morgan fingerprint density at radius 2 is 2.25 bits per heavy atom. The second-order valence-electron chi connectivity index (χ2n) is 7.27. The van der Waals surface area contributed by atoms with Gasteiger partial charge >= 0.3 is 6.09 Å². The molecule has 1 aromatic rings. The summed E-state index contributed by atoms with van der Waals surface area (Å²) in [6.45, 7) is 8.26. The van der Waals surface area contributed by atoms with E-state index in [4.69, 9.17) is 16.3 Å². The minimum absolute atomic E-state index is 0.263. The first-order valence-corrected chi connectivity index (χ1v) is 9.61. The number of nitrogens with zero attached hydrogens (tertiary/aromatic N) is 3. The van der Waals surface area contributed by atoms with Crippen molar-refractivity contribution in [2.75, 3.05) is 31.6 Å². The number of halogens is 2. The molecule has 2 heterocycles.